The first-order valence-corrected chi connectivity index (χ1v) is 6.67. The van der Waals surface area contributed by atoms with Gasteiger partial charge in [-0.15, -0.1) is 0 Å². The molecule has 1 aromatic heterocycles. The Morgan fingerprint density at radius 3 is 3.00 bits per heavy atom. The summed E-state index contributed by atoms with van der Waals surface area (Å²) in [4.78, 5) is 4.66. The zero-order chi connectivity index (χ0) is 12.5. The molecule has 2 aromatic rings. The lowest BCUT2D eigenvalue weighted by Gasteiger charge is -2.19. The van der Waals surface area contributed by atoms with Crippen LogP contribution in [0.3, 0.4) is 0 Å². The highest BCUT2D eigenvalue weighted by Gasteiger charge is 2.26. The lowest BCUT2D eigenvalue weighted by atomic mass is 10.0. The van der Waals surface area contributed by atoms with E-state index in [1.165, 1.54) is 24.8 Å². The van der Waals surface area contributed by atoms with Gasteiger partial charge in [-0.2, -0.15) is 0 Å². The third-order valence-corrected chi connectivity index (χ3v) is 4.06. The van der Waals surface area contributed by atoms with Crippen LogP contribution in [0, 0.1) is 5.92 Å². The van der Waals surface area contributed by atoms with E-state index in [0.717, 1.165) is 18.0 Å². The van der Waals surface area contributed by atoms with Gasteiger partial charge >= 0.3 is 0 Å². The van der Waals surface area contributed by atoms with Gasteiger partial charge in [0.25, 0.3) is 0 Å². The summed E-state index contributed by atoms with van der Waals surface area (Å²) in [5.41, 5.74) is 8.04. The Morgan fingerprint density at radius 2 is 2.22 bits per heavy atom. The molecule has 4 nitrogen and oxygen atoms in total. The highest BCUT2D eigenvalue weighted by Crippen LogP contribution is 2.28. The first-order valence-electron chi connectivity index (χ1n) is 6.67. The number of aromatic nitrogens is 2. The number of nitrogens with two attached hydrogens (primary N) is 1. The lowest BCUT2D eigenvalue weighted by molar-refractivity contribution is 0.513. The number of rotatable bonds is 3. The molecular formula is C14H20N4. The van der Waals surface area contributed by atoms with Crippen molar-refractivity contribution >= 4 is 17.0 Å². The van der Waals surface area contributed by atoms with E-state index in [1.54, 1.807) is 0 Å². The van der Waals surface area contributed by atoms with Crippen LogP contribution in [0.15, 0.2) is 24.3 Å². The minimum atomic E-state index is 0.477. The van der Waals surface area contributed by atoms with Crippen molar-refractivity contribution in [2.24, 2.45) is 18.7 Å². The van der Waals surface area contributed by atoms with Crippen LogP contribution in [0.2, 0.25) is 0 Å². The summed E-state index contributed by atoms with van der Waals surface area (Å²) < 4.78 is 2.13. The van der Waals surface area contributed by atoms with Crippen molar-refractivity contribution in [2.75, 3.05) is 11.9 Å². The Kier molecular flexibility index (Phi) is 2.96. The minimum absolute atomic E-state index is 0.477. The van der Waals surface area contributed by atoms with E-state index in [4.69, 9.17) is 5.73 Å². The Morgan fingerprint density at radius 1 is 1.39 bits per heavy atom. The summed E-state index contributed by atoms with van der Waals surface area (Å²) in [6, 6.07) is 8.70. The number of hydrogen-bond donors (Lipinski definition) is 2. The van der Waals surface area contributed by atoms with Gasteiger partial charge < -0.3 is 15.6 Å². The number of benzene rings is 1. The van der Waals surface area contributed by atoms with Crippen molar-refractivity contribution in [3.8, 4) is 0 Å². The van der Waals surface area contributed by atoms with E-state index in [9.17, 15) is 0 Å². The molecule has 2 unspecified atom stereocenters. The zero-order valence-corrected chi connectivity index (χ0v) is 10.8. The normalized spacial score (nSPS) is 23.7. The summed E-state index contributed by atoms with van der Waals surface area (Å²) in [6.45, 7) is 0.765. The largest absolute Gasteiger partial charge is 0.353 e. The van der Waals surface area contributed by atoms with Gasteiger partial charge in [-0.1, -0.05) is 18.6 Å². The van der Waals surface area contributed by atoms with E-state index in [2.05, 4.69) is 34.0 Å². The predicted octanol–water partition coefficient (Wildman–Crippen LogP) is 2.11. The van der Waals surface area contributed by atoms with E-state index >= 15 is 0 Å². The quantitative estimate of drug-likeness (QED) is 0.869. The fraction of sp³-hybridized carbons (Fsp3) is 0.500. The van der Waals surface area contributed by atoms with Gasteiger partial charge in [0.1, 0.15) is 0 Å². The lowest BCUT2D eigenvalue weighted by Crippen LogP contribution is -2.30. The predicted molar refractivity (Wildman–Crippen MR) is 74.5 cm³/mol. The molecule has 96 valence electrons. The van der Waals surface area contributed by atoms with Crippen LogP contribution >= 0.6 is 0 Å². The van der Waals surface area contributed by atoms with Gasteiger partial charge in [0.15, 0.2) is 0 Å². The van der Waals surface area contributed by atoms with Gasteiger partial charge in [0.2, 0.25) is 5.95 Å². The molecule has 18 heavy (non-hydrogen) atoms. The second-order valence-corrected chi connectivity index (χ2v) is 5.16. The van der Waals surface area contributed by atoms with E-state index in [0.29, 0.717) is 12.0 Å². The summed E-state index contributed by atoms with van der Waals surface area (Å²) in [7, 11) is 2.06. The Labute approximate surface area is 107 Å². The van der Waals surface area contributed by atoms with E-state index in [1.807, 2.05) is 12.1 Å². The molecule has 0 bridgehead atoms. The molecule has 0 aliphatic heterocycles. The number of hydrogen-bond acceptors (Lipinski definition) is 3. The average molecular weight is 244 g/mol. The van der Waals surface area contributed by atoms with Crippen LogP contribution in [0.5, 0.6) is 0 Å². The standard InChI is InChI=1S/C14H20N4/c1-18-13-8-3-2-6-12(13)17-14(18)16-11-7-4-5-10(11)9-15/h2-3,6,8,10-11H,4-5,7,9,15H2,1H3,(H,16,17). The number of nitrogens with zero attached hydrogens (tertiary/aromatic N) is 2. The number of imidazole rings is 1. The molecule has 1 fully saturated rings. The second kappa shape index (κ2) is 4.61. The zero-order valence-electron chi connectivity index (χ0n) is 10.8. The fourth-order valence-electron chi connectivity index (χ4n) is 2.95. The third kappa shape index (κ3) is 1.86. The third-order valence-electron chi connectivity index (χ3n) is 4.06. The van der Waals surface area contributed by atoms with Gasteiger partial charge in [-0.3, -0.25) is 0 Å². The SMILES string of the molecule is Cn1c(NC2CCCC2CN)nc2ccccc21. The molecule has 3 N–H and O–H groups in total. The van der Waals surface area contributed by atoms with E-state index < -0.39 is 0 Å². The van der Waals surface area contributed by atoms with Crippen LogP contribution in [0.4, 0.5) is 5.95 Å². The molecule has 1 heterocycles. The Hall–Kier alpha value is -1.55. The topological polar surface area (TPSA) is 55.9 Å². The Bertz CT molecular complexity index is 546. The number of nitrogens with one attached hydrogen (secondary N) is 1. The molecule has 0 saturated heterocycles. The van der Waals surface area contributed by atoms with Crippen molar-refractivity contribution in [2.45, 2.75) is 25.3 Å². The Balaban J connectivity index is 1.88. The van der Waals surface area contributed by atoms with Crippen molar-refractivity contribution in [1.29, 1.82) is 0 Å². The van der Waals surface area contributed by atoms with Crippen molar-refractivity contribution < 1.29 is 0 Å². The number of fused-ring (bicyclic) bond motifs is 1. The van der Waals surface area contributed by atoms with Crippen LogP contribution in [-0.4, -0.2) is 22.1 Å². The summed E-state index contributed by atoms with van der Waals surface area (Å²) in [5, 5.41) is 3.57. The molecular weight excluding hydrogens is 224 g/mol. The highest BCUT2D eigenvalue weighted by molar-refractivity contribution is 5.78. The summed E-state index contributed by atoms with van der Waals surface area (Å²) in [6.07, 6.45) is 3.70. The molecule has 0 spiro atoms. The second-order valence-electron chi connectivity index (χ2n) is 5.16. The number of aryl methyl sites for hydroxylation is 1. The smallest absolute Gasteiger partial charge is 0.203 e. The fourth-order valence-corrected chi connectivity index (χ4v) is 2.95. The van der Waals surface area contributed by atoms with Crippen molar-refractivity contribution in [1.82, 2.24) is 9.55 Å². The van der Waals surface area contributed by atoms with Crippen LogP contribution < -0.4 is 11.1 Å². The first-order chi connectivity index (χ1) is 8.79. The molecule has 2 atom stereocenters. The van der Waals surface area contributed by atoms with Crippen molar-refractivity contribution in [3.63, 3.8) is 0 Å². The monoisotopic (exact) mass is 244 g/mol. The maximum Gasteiger partial charge on any atom is 0.203 e. The van der Waals surface area contributed by atoms with Gasteiger partial charge in [-0.05, 0) is 37.4 Å². The van der Waals surface area contributed by atoms with Crippen LogP contribution in [-0.2, 0) is 7.05 Å². The summed E-state index contributed by atoms with van der Waals surface area (Å²) in [5.74, 6) is 1.55. The molecule has 4 heteroatoms. The van der Waals surface area contributed by atoms with Gasteiger partial charge in [0, 0.05) is 13.1 Å². The average Bonchev–Trinajstić information content (AvgIpc) is 2.96. The van der Waals surface area contributed by atoms with Crippen molar-refractivity contribution in [3.05, 3.63) is 24.3 Å². The molecule has 0 amide bonds. The highest BCUT2D eigenvalue weighted by atomic mass is 15.2. The van der Waals surface area contributed by atoms with Crippen LogP contribution in [0.25, 0.3) is 11.0 Å². The van der Waals surface area contributed by atoms with Gasteiger partial charge in [0.05, 0.1) is 11.0 Å². The maximum atomic E-state index is 5.82. The maximum absolute atomic E-state index is 5.82. The molecule has 1 aliphatic carbocycles. The molecule has 1 aromatic carbocycles. The first kappa shape index (κ1) is 11.5. The minimum Gasteiger partial charge on any atom is -0.353 e. The molecule has 1 saturated carbocycles. The molecule has 3 rings (SSSR count). The number of anilines is 1. The number of para-hydroxylation sites is 2. The molecule has 1 aliphatic rings. The van der Waals surface area contributed by atoms with Crippen LogP contribution in [0.1, 0.15) is 19.3 Å². The molecule has 0 radical (unpaired) electrons. The van der Waals surface area contributed by atoms with E-state index in [-0.39, 0.29) is 0 Å². The van der Waals surface area contributed by atoms with Gasteiger partial charge in [-0.25, -0.2) is 4.98 Å². The summed E-state index contributed by atoms with van der Waals surface area (Å²) >= 11 is 0.